The molecule has 1 aromatic heterocycles. The molecular weight excluding hydrogens is 336 g/mol. The maximum Gasteiger partial charge on any atom is 0.321 e. The van der Waals surface area contributed by atoms with Crippen molar-refractivity contribution in [2.24, 2.45) is 0 Å². The highest BCUT2D eigenvalue weighted by atomic mass is 35.5. The standard InChI is InChI=1S/C19H19ClN4O/c20-14-6-3-7-15(11-14)21-19(25)24-10-4-5-13(12-24)18-22-16-8-1-2-9-17(16)23-18/h1-3,6-9,11,13H,4-5,10,12H2,(H,21,25)(H,22,23). The molecule has 1 aliphatic rings. The van der Waals surface area contributed by atoms with Crippen molar-refractivity contribution in [1.82, 2.24) is 14.9 Å². The molecule has 2 amide bonds. The second-order valence-electron chi connectivity index (χ2n) is 6.36. The van der Waals surface area contributed by atoms with Gasteiger partial charge in [-0.15, -0.1) is 0 Å². The van der Waals surface area contributed by atoms with Gasteiger partial charge in [0, 0.05) is 29.7 Å². The van der Waals surface area contributed by atoms with E-state index in [1.807, 2.05) is 41.3 Å². The van der Waals surface area contributed by atoms with Crippen molar-refractivity contribution in [2.75, 3.05) is 18.4 Å². The fourth-order valence-electron chi connectivity index (χ4n) is 3.32. The SMILES string of the molecule is O=C(Nc1cccc(Cl)c1)N1CCCC(c2nc3ccccc3[nH]2)C1. The number of rotatable bonds is 2. The molecule has 1 aliphatic heterocycles. The number of aromatic amines is 1. The Balaban J connectivity index is 1.47. The van der Waals surface area contributed by atoms with Crippen LogP contribution in [0.2, 0.25) is 5.02 Å². The molecular formula is C19H19ClN4O. The summed E-state index contributed by atoms with van der Waals surface area (Å²) in [5, 5.41) is 3.53. The zero-order chi connectivity index (χ0) is 17.2. The number of H-pyrrole nitrogens is 1. The minimum Gasteiger partial charge on any atom is -0.342 e. The lowest BCUT2D eigenvalue weighted by atomic mass is 9.97. The molecule has 6 heteroatoms. The monoisotopic (exact) mass is 354 g/mol. The van der Waals surface area contributed by atoms with Crippen molar-refractivity contribution in [3.8, 4) is 0 Å². The van der Waals surface area contributed by atoms with Gasteiger partial charge in [-0.1, -0.05) is 29.8 Å². The van der Waals surface area contributed by atoms with Gasteiger partial charge >= 0.3 is 6.03 Å². The molecule has 25 heavy (non-hydrogen) atoms. The number of fused-ring (bicyclic) bond motifs is 1. The molecule has 2 heterocycles. The van der Waals surface area contributed by atoms with Crippen LogP contribution in [0, 0.1) is 0 Å². The Morgan fingerprint density at radius 2 is 2.12 bits per heavy atom. The van der Waals surface area contributed by atoms with Gasteiger partial charge in [-0.05, 0) is 43.2 Å². The second-order valence-corrected chi connectivity index (χ2v) is 6.80. The van der Waals surface area contributed by atoms with Gasteiger partial charge in [0.2, 0.25) is 0 Å². The predicted molar refractivity (Wildman–Crippen MR) is 100 cm³/mol. The summed E-state index contributed by atoms with van der Waals surface area (Å²) in [6.45, 7) is 1.41. The van der Waals surface area contributed by atoms with E-state index in [9.17, 15) is 4.79 Å². The lowest BCUT2D eigenvalue weighted by molar-refractivity contribution is 0.191. The Bertz CT molecular complexity index is 874. The zero-order valence-electron chi connectivity index (χ0n) is 13.7. The summed E-state index contributed by atoms with van der Waals surface area (Å²) in [6, 6.07) is 15.1. The fourth-order valence-corrected chi connectivity index (χ4v) is 3.51. The minimum atomic E-state index is -0.0944. The number of anilines is 1. The number of nitrogens with one attached hydrogen (secondary N) is 2. The molecule has 4 rings (SSSR count). The van der Waals surface area contributed by atoms with Crippen molar-refractivity contribution in [1.29, 1.82) is 0 Å². The van der Waals surface area contributed by atoms with E-state index in [-0.39, 0.29) is 11.9 Å². The Labute approximate surface area is 151 Å². The summed E-state index contributed by atoms with van der Waals surface area (Å²) in [7, 11) is 0. The van der Waals surface area contributed by atoms with Crippen molar-refractivity contribution < 1.29 is 4.79 Å². The average Bonchev–Trinajstić information content (AvgIpc) is 3.06. The number of para-hydroxylation sites is 2. The van der Waals surface area contributed by atoms with Gasteiger partial charge in [-0.3, -0.25) is 0 Å². The lowest BCUT2D eigenvalue weighted by Gasteiger charge is -2.31. The topological polar surface area (TPSA) is 61.0 Å². The van der Waals surface area contributed by atoms with Crippen molar-refractivity contribution in [3.63, 3.8) is 0 Å². The first-order chi connectivity index (χ1) is 12.2. The highest BCUT2D eigenvalue weighted by molar-refractivity contribution is 6.30. The van der Waals surface area contributed by atoms with Crippen LogP contribution < -0.4 is 5.32 Å². The van der Waals surface area contributed by atoms with Gasteiger partial charge in [-0.2, -0.15) is 0 Å². The number of hydrogen-bond acceptors (Lipinski definition) is 2. The maximum absolute atomic E-state index is 12.6. The largest absolute Gasteiger partial charge is 0.342 e. The van der Waals surface area contributed by atoms with Crippen LogP contribution in [0.4, 0.5) is 10.5 Å². The number of piperidine rings is 1. The summed E-state index contributed by atoms with van der Waals surface area (Å²) < 4.78 is 0. The van der Waals surface area contributed by atoms with E-state index < -0.39 is 0 Å². The van der Waals surface area contributed by atoms with Crippen LogP contribution in [-0.2, 0) is 0 Å². The van der Waals surface area contributed by atoms with Gasteiger partial charge in [0.25, 0.3) is 0 Å². The molecule has 1 saturated heterocycles. The van der Waals surface area contributed by atoms with Crippen molar-refractivity contribution in [2.45, 2.75) is 18.8 Å². The minimum absolute atomic E-state index is 0.0944. The molecule has 1 atom stereocenters. The Morgan fingerprint density at radius 3 is 2.96 bits per heavy atom. The first kappa shape index (κ1) is 16.0. The molecule has 0 aliphatic carbocycles. The van der Waals surface area contributed by atoms with Crippen LogP contribution in [0.5, 0.6) is 0 Å². The summed E-state index contributed by atoms with van der Waals surface area (Å²) in [5.41, 5.74) is 2.72. The second kappa shape index (κ2) is 6.76. The van der Waals surface area contributed by atoms with E-state index >= 15 is 0 Å². The number of aromatic nitrogens is 2. The molecule has 2 aromatic carbocycles. The van der Waals surface area contributed by atoms with Crippen LogP contribution in [-0.4, -0.2) is 34.0 Å². The molecule has 0 radical (unpaired) electrons. The summed E-state index contributed by atoms with van der Waals surface area (Å²) >= 11 is 5.98. The Hall–Kier alpha value is -2.53. The van der Waals surface area contributed by atoms with Crippen LogP contribution in [0.25, 0.3) is 11.0 Å². The van der Waals surface area contributed by atoms with Crippen LogP contribution in [0.15, 0.2) is 48.5 Å². The quantitative estimate of drug-likeness (QED) is 0.705. The highest BCUT2D eigenvalue weighted by Crippen LogP contribution is 2.27. The van der Waals surface area contributed by atoms with Crippen molar-refractivity contribution >= 4 is 34.4 Å². The van der Waals surface area contributed by atoms with E-state index in [0.29, 0.717) is 17.3 Å². The van der Waals surface area contributed by atoms with E-state index in [2.05, 4.69) is 10.3 Å². The van der Waals surface area contributed by atoms with E-state index in [1.165, 1.54) is 0 Å². The lowest BCUT2D eigenvalue weighted by Crippen LogP contribution is -2.41. The predicted octanol–water partition coefficient (Wildman–Crippen LogP) is 4.63. The van der Waals surface area contributed by atoms with E-state index in [1.54, 1.807) is 12.1 Å². The smallest absolute Gasteiger partial charge is 0.321 e. The normalized spacial score (nSPS) is 17.6. The number of imidazole rings is 1. The number of benzene rings is 2. The van der Waals surface area contributed by atoms with Crippen LogP contribution in [0.1, 0.15) is 24.6 Å². The number of amides is 2. The fraction of sp³-hybridized carbons (Fsp3) is 0.263. The molecule has 128 valence electrons. The zero-order valence-corrected chi connectivity index (χ0v) is 14.5. The third-order valence-corrected chi connectivity index (χ3v) is 4.81. The van der Waals surface area contributed by atoms with Gasteiger partial charge < -0.3 is 15.2 Å². The number of likely N-dealkylation sites (tertiary alicyclic amines) is 1. The number of carbonyl (C=O) groups excluding carboxylic acids is 1. The molecule has 3 aromatic rings. The van der Waals surface area contributed by atoms with E-state index in [4.69, 9.17) is 16.6 Å². The Kier molecular flexibility index (Phi) is 4.32. The van der Waals surface area contributed by atoms with Crippen LogP contribution in [0.3, 0.4) is 0 Å². The van der Waals surface area contributed by atoms with Gasteiger partial charge in [-0.25, -0.2) is 9.78 Å². The molecule has 0 spiro atoms. The van der Waals surface area contributed by atoms with E-state index in [0.717, 1.165) is 36.2 Å². The molecule has 0 saturated carbocycles. The number of carbonyl (C=O) groups is 1. The third-order valence-electron chi connectivity index (χ3n) is 4.58. The third kappa shape index (κ3) is 3.46. The average molecular weight is 355 g/mol. The summed E-state index contributed by atoms with van der Waals surface area (Å²) in [6.07, 6.45) is 1.99. The molecule has 0 bridgehead atoms. The number of halogens is 1. The molecule has 1 unspecified atom stereocenters. The molecule has 2 N–H and O–H groups in total. The Morgan fingerprint density at radius 1 is 1.24 bits per heavy atom. The summed E-state index contributed by atoms with van der Waals surface area (Å²) in [5.74, 6) is 1.19. The highest BCUT2D eigenvalue weighted by Gasteiger charge is 2.26. The first-order valence-corrected chi connectivity index (χ1v) is 8.83. The number of urea groups is 1. The number of nitrogens with zero attached hydrogens (tertiary/aromatic N) is 2. The molecule has 5 nitrogen and oxygen atoms in total. The van der Waals surface area contributed by atoms with Gasteiger partial charge in [0.1, 0.15) is 5.82 Å². The van der Waals surface area contributed by atoms with Crippen molar-refractivity contribution in [3.05, 3.63) is 59.4 Å². The van der Waals surface area contributed by atoms with Crippen LogP contribution >= 0.6 is 11.6 Å². The first-order valence-electron chi connectivity index (χ1n) is 8.45. The van der Waals surface area contributed by atoms with Gasteiger partial charge in [0.05, 0.1) is 11.0 Å². The molecule has 1 fully saturated rings. The number of hydrogen-bond donors (Lipinski definition) is 2. The summed E-state index contributed by atoms with van der Waals surface area (Å²) in [4.78, 5) is 22.5. The maximum atomic E-state index is 12.6. The van der Waals surface area contributed by atoms with Gasteiger partial charge in [0.15, 0.2) is 0 Å².